The van der Waals surface area contributed by atoms with E-state index in [1.54, 1.807) is 0 Å². The number of rotatable bonds is 5. The van der Waals surface area contributed by atoms with Crippen molar-refractivity contribution in [2.24, 2.45) is 0 Å². The Labute approximate surface area is 128 Å². The number of benzene rings is 1. The maximum absolute atomic E-state index is 11.9. The van der Waals surface area contributed by atoms with Gasteiger partial charge < -0.3 is 4.74 Å². The number of esters is 1. The summed E-state index contributed by atoms with van der Waals surface area (Å²) in [6, 6.07) is 3.99. The van der Waals surface area contributed by atoms with Crippen LogP contribution < -0.4 is 0 Å². The number of ether oxygens (including phenoxy) is 1. The fraction of sp³-hybridized carbons (Fsp3) is 0.421. The Morgan fingerprint density at radius 2 is 1.71 bits per heavy atom. The van der Waals surface area contributed by atoms with Crippen LogP contribution in [-0.4, -0.2) is 13.1 Å². The lowest BCUT2D eigenvalue weighted by atomic mass is 9.92. The first kappa shape index (κ1) is 17.2. The predicted molar refractivity (Wildman–Crippen MR) is 88.8 cm³/mol. The lowest BCUT2D eigenvalue weighted by Gasteiger charge is -2.14. The molecule has 21 heavy (non-hydrogen) atoms. The standard InChI is InChI=1S/C19H26O2/c1-12(2)14(4)8-13(3)9-17-10-15(5)16(6)11-18(17)19(20)21-7/h10-11H,3,8-9H2,1-2,4-7H3. The Kier molecular flexibility index (Phi) is 5.95. The number of hydrogen-bond acceptors (Lipinski definition) is 2. The highest BCUT2D eigenvalue weighted by molar-refractivity contribution is 5.91. The van der Waals surface area contributed by atoms with E-state index in [0.29, 0.717) is 12.0 Å². The molecule has 0 atom stereocenters. The number of allylic oxidation sites excluding steroid dienone is 3. The molecule has 2 nitrogen and oxygen atoms in total. The first-order valence-corrected chi connectivity index (χ1v) is 7.24. The van der Waals surface area contributed by atoms with Gasteiger partial charge in [0, 0.05) is 0 Å². The average molecular weight is 286 g/mol. The number of hydrogen-bond donors (Lipinski definition) is 0. The Morgan fingerprint density at radius 1 is 1.14 bits per heavy atom. The summed E-state index contributed by atoms with van der Waals surface area (Å²) >= 11 is 0. The fourth-order valence-corrected chi connectivity index (χ4v) is 2.21. The normalized spacial score (nSPS) is 10.2. The summed E-state index contributed by atoms with van der Waals surface area (Å²) in [5.41, 5.74) is 7.71. The van der Waals surface area contributed by atoms with E-state index in [-0.39, 0.29) is 5.97 Å². The van der Waals surface area contributed by atoms with Gasteiger partial charge in [0.2, 0.25) is 0 Å². The number of methoxy groups -OCH3 is 1. The maximum atomic E-state index is 11.9. The van der Waals surface area contributed by atoms with Crippen LogP contribution in [0.2, 0.25) is 0 Å². The molecule has 0 aliphatic carbocycles. The molecule has 1 aromatic carbocycles. The van der Waals surface area contributed by atoms with Crippen LogP contribution in [0.15, 0.2) is 35.4 Å². The third kappa shape index (κ3) is 4.59. The summed E-state index contributed by atoms with van der Waals surface area (Å²) in [5, 5.41) is 0. The predicted octanol–water partition coefficient (Wildman–Crippen LogP) is 4.94. The number of carbonyl (C=O) groups excluding carboxylic acids is 1. The average Bonchev–Trinajstić information content (AvgIpc) is 2.41. The summed E-state index contributed by atoms with van der Waals surface area (Å²) in [7, 11) is 1.42. The third-order valence-corrected chi connectivity index (χ3v) is 3.93. The minimum atomic E-state index is -0.278. The highest BCUT2D eigenvalue weighted by Gasteiger charge is 2.14. The molecule has 1 aromatic rings. The van der Waals surface area contributed by atoms with Crippen molar-refractivity contribution in [2.75, 3.05) is 7.11 Å². The van der Waals surface area contributed by atoms with Crippen LogP contribution in [0.25, 0.3) is 0 Å². The second-order valence-corrected chi connectivity index (χ2v) is 5.97. The first-order chi connectivity index (χ1) is 9.76. The van der Waals surface area contributed by atoms with Crippen molar-refractivity contribution in [3.63, 3.8) is 0 Å². The van der Waals surface area contributed by atoms with Crippen LogP contribution >= 0.6 is 0 Å². The van der Waals surface area contributed by atoms with Gasteiger partial charge in [-0.05, 0) is 70.2 Å². The second kappa shape index (κ2) is 7.26. The molecule has 0 fully saturated rings. The Hall–Kier alpha value is -1.83. The quantitative estimate of drug-likeness (QED) is 0.566. The highest BCUT2D eigenvalue weighted by atomic mass is 16.5. The summed E-state index contributed by atoms with van der Waals surface area (Å²) in [6.45, 7) is 14.6. The van der Waals surface area contributed by atoms with Gasteiger partial charge in [-0.1, -0.05) is 29.4 Å². The van der Waals surface area contributed by atoms with E-state index >= 15 is 0 Å². The SMILES string of the molecule is C=C(CC(C)=C(C)C)Cc1cc(C)c(C)cc1C(=O)OC. The largest absolute Gasteiger partial charge is 0.465 e. The van der Waals surface area contributed by atoms with Crippen molar-refractivity contribution < 1.29 is 9.53 Å². The number of carbonyl (C=O) groups is 1. The van der Waals surface area contributed by atoms with Gasteiger partial charge in [0.25, 0.3) is 0 Å². The van der Waals surface area contributed by atoms with Crippen LogP contribution in [0.5, 0.6) is 0 Å². The molecule has 0 bridgehead atoms. The van der Waals surface area contributed by atoms with Gasteiger partial charge in [0.05, 0.1) is 12.7 Å². The van der Waals surface area contributed by atoms with Gasteiger partial charge in [0.1, 0.15) is 0 Å². The molecule has 0 spiro atoms. The van der Waals surface area contributed by atoms with Crippen LogP contribution in [0, 0.1) is 13.8 Å². The molecule has 0 aliphatic rings. The zero-order valence-electron chi connectivity index (χ0n) is 14.1. The highest BCUT2D eigenvalue weighted by Crippen LogP contribution is 2.23. The van der Waals surface area contributed by atoms with Crippen LogP contribution in [-0.2, 0) is 11.2 Å². The zero-order valence-corrected chi connectivity index (χ0v) is 14.1. The number of aryl methyl sites for hydroxylation is 2. The molecule has 0 aliphatic heterocycles. The molecule has 0 saturated heterocycles. The molecule has 0 saturated carbocycles. The monoisotopic (exact) mass is 286 g/mol. The summed E-state index contributed by atoms with van der Waals surface area (Å²) in [5.74, 6) is -0.278. The fourth-order valence-electron chi connectivity index (χ4n) is 2.21. The minimum Gasteiger partial charge on any atom is -0.465 e. The van der Waals surface area contributed by atoms with Gasteiger partial charge >= 0.3 is 5.97 Å². The van der Waals surface area contributed by atoms with E-state index in [4.69, 9.17) is 4.74 Å². The lowest BCUT2D eigenvalue weighted by Crippen LogP contribution is -2.08. The minimum absolute atomic E-state index is 0.278. The van der Waals surface area contributed by atoms with E-state index in [9.17, 15) is 4.79 Å². The summed E-state index contributed by atoms with van der Waals surface area (Å²) < 4.78 is 4.89. The van der Waals surface area contributed by atoms with Crippen molar-refractivity contribution in [3.05, 3.63) is 57.7 Å². The van der Waals surface area contributed by atoms with Crippen molar-refractivity contribution in [1.82, 2.24) is 0 Å². The zero-order chi connectivity index (χ0) is 16.2. The smallest absolute Gasteiger partial charge is 0.338 e. The van der Waals surface area contributed by atoms with Gasteiger partial charge in [-0.25, -0.2) is 4.79 Å². The lowest BCUT2D eigenvalue weighted by molar-refractivity contribution is 0.0599. The molecule has 0 heterocycles. The first-order valence-electron chi connectivity index (χ1n) is 7.24. The molecular weight excluding hydrogens is 260 g/mol. The molecule has 0 aromatic heterocycles. The van der Waals surface area contributed by atoms with E-state index in [0.717, 1.165) is 23.1 Å². The Bertz CT molecular complexity index is 588. The van der Waals surface area contributed by atoms with Crippen molar-refractivity contribution in [2.45, 2.75) is 47.5 Å². The van der Waals surface area contributed by atoms with Gasteiger partial charge in [0.15, 0.2) is 0 Å². The molecule has 114 valence electrons. The second-order valence-electron chi connectivity index (χ2n) is 5.97. The van der Waals surface area contributed by atoms with E-state index < -0.39 is 0 Å². The topological polar surface area (TPSA) is 26.3 Å². The molecule has 0 radical (unpaired) electrons. The molecule has 0 unspecified atom stereocenters. The molecule has 0 amide bonds. The summed E-state index contributed by atoms with van der Waals surface area (Å²) in [4.78, 5) is 11.9. The van der Waals surface area contributed by atoms with Crippen molar-refractivity contribution in [1.29, 1.82) is 0 Å². The van der Waals surface area contributed by atoms with Crippen molar-refractivity contribution >= 4 is 5.97 Å². The maximum Gasteiger partial charge on any atom is 0.338 e. The van der Waals surface area contributed by atoms with Crippen LogP contribution in [0.3, 0.4) is 0 Å². The van der Waals surface area contributed by atoms with Crippen LogP contribution in [0.1, 0.15) is 54.2 Å². The van der Waals surface area contributed by atoms with E-state index in [2.05, 4.69) is 40.3 Å². The molecule has 0 N–H and O–H groups in total. The summed E-state index contributed by atoms with van der Waals surface area (Å²) in [6.07, 6.45) is 1.58. The van der Waals surface area contributed by atoms with Crippen LogP contribution in [0.4, 0.5) is 0 Å². The van der Waals surface area contributed by atoms with Gasteiger partial charge in [-0.2, -0.15) is 0 Å². The Morgan fingerprint density at radius 3 is 2.24 bits per heavy atom. The third-order valence-electron chi connectivity index (χ3n) is 3.93. The van der Waals surface area contributed by atoms with E-state index in [1.807, 2.05) is 13.0 Å². The molecule has 1 rings (SSSR count). The molecule has 2 heteroatoms. The van der Waals surface area contributed by atoms with Gasteiger partial charge in [-0.15, -0.1) is 0 Å². The molecular formula is C19H26O2. The Balaban J connectivity index is 3.07. The van der Waals surface area contributed by atoms with Gasteiger partial charge in [-0.3, -0.25) is 0 Å². The van der Waals surface area contributed by atoms with Crippen molar-refractivity contribution in [3.8, 4) is 0 Å². The van der Waals surface area contributed by atoms with E-state index in [1.165, 1.54) is 23.8 Å².